The number of thiophene rings is 1. The van der Waals surface area contributed by atoms with Crippen molar-refractivity contribution in [1.29, 1.82) is 0 Å². The van der Waals surface area contributed by atoms with Crippen molar-refractivity contribution in [3.63, 3.8) is 0 Å². The highest BCUT2D eigenvalue weighted by molar-refractivity contribution is 14.0. The summed E-state index contributed by atoms with van der Waals surface area (Å²) in [6, 6.07) is 2.11. The average molecular weight is 474 g/mol. The standard InChI is InChI=1S/C13H20BrN3OS.HI/c1-2-15-13(16-7-11-4-3-5-18-11)17-8-12-6-10(14)9-19-12;/h6,9,11H,2-5,7-8H2,1H3,(H2,15,16,17);1H. The van der Waals surface area contributed by atoms with Gasteiger partial charge in [0, 0.05) is 34.4 Å². The van der Waals surface area contributed by atoms with Crippen LogP contribution in [0.1, 0.15) is 24.6 Å². The molecule has 114 valence electrons. The van der Waals surface area contributed by atoms with Gasteiger partial charge in [0.1, 0.15) is 0 Å². The zero-order chi connectivity index (χ0) is 13.5. The van der Waals surface area contributed by atoms with E-state index in [2.05, 4.69) is 49.9 Å². The minimum atomic E-state index is 0. The van der Waals surface area contributed by atoms with Gasteiger partial charge < -0.3 is 15.4 Å². The predicted octanol–water partition coefficient (Wildman–Crippen LogP) is 3.36. The summed E-state index contributed by atoms with van der Waals surface area (Å²) in [5.74, 6) is 0.863. The maximum Gasteiger partial charge on any atom is 0.191 e. The molecule has 0 saturated carbocycles. The molecule has 20 heavy (non-hydrogen) atoms. The zero-order valence-corrected chi connectivity index (χ0v) is 16.3. The van der Waals surface area contributed by atoms with Gasteiger partial charge in [-0.15, -0.1) is 35.3 Å². The SMILES string of the molecule is CCNC(=NCc1cc(Br)cs1)NCC1CCCO1.I. The molecule has 2 N–H and O–H groups in total. The highest BCUT2D eigenvalue weighted by Gasteiger charge is 2.15. The summed E-state index contributed by atoms with van der Waals surface area (Å²) in [4.78, 5) is 5.84. The first-order chi connectivity index (χ1) is 9.28. The first-order valence-corrected chi connectivity index (χ1v) is 8.32. The Bertz CT molecular complexity index is 422. The van der Waals surface area contributed by atoms with Gasteiger partial charge >= 0.3 is 0 Å². The van der Waals surface area contributed by atoms with Crippen molar-refractivity contribution in [2.24, 2.45) is 4.99 Å². The van der Waals surface area contributed by atoms with Crippen LogP contribution < -0.4 is 10.6 Å². The maximum atomic E-state index is 5.60. The van der Waals surface area contributed by atoms with E-state index < -0.39 is 0 Å². The normalized spacial score (nSPS) is 18.7. The van der Waals surface area contributed by atoms with E-state index in [1.165, 1.54) is 11.3 Å². The van der Waals surface area contributed by atoms with Crippen molar-refractivity contribution in [3.8, 4) is 0 Å². The number of hydrogen-bond acceptors (Lipinski definition) is 3. The van der Waals surface area contributed by atoms with Crippen LogP contribution in [-0.4, -0.2) is 31.8 Å². The molecule has 2 rings (SSSR count). The number of halogens is 2. The summed E-state index contributed by atoms with van der Waals surface area (Å²) in [6.07, 6.45) is 2.65. The van der Waals surface area contributed by atoms with Gasteiger partial charge in [0.2, 0.25) is 0 Å². The Hall–Kier alpha value is 0.140. The molecule has 4 nitrogen and oxygen atoms in total. The Balaban J connectivity index is 0.00000200. The molecule has 1 aliphatic rings. The van der Waals surface area contributed by atoms with Gasteiger partial charge in [-0.05, 0) is 41.8 Å². The number of nitrogens with zero attached hydrogens (tertiary/aromatic N) is 1. The molecule has 0 spiro atoms. The number of ether oxygens (including phenoxy) is 1. The molecule has 0 amide bonds. The number of hydrogen-bond donors (Lipinski definition) is 2. The largest absolute Gasteiger partial charge is 0.376 e. The summed E-state index contributed by atoms with van der Waals surface area (Å²) in [5.41, 5.74) is 0. The highest BCUT2D eigenvalue weighted by Crippen LogP contribution is 2.20. The molecule has 1 aliphatic heterocycles. The van der Waals surface area contributed by atoms with Gasteiger partial charge in [-0.25, -0.2) is 4.99 Å². The molecule has 1 unspecified atom stereocenters. The molecule has 7 heteroatoms. The lowest BCUT2D eigenvalue weighted by Gasteiger charge is -2.14. The van der Waals surface area contributed by atoms with Crippen LogP contribution in [0, 0.1) is 0 Å². The predicted molar refractivity (Wildman–Crippen MR) is 99.2 cm³/mol. The van der Waals surface area contributed by atoms with E-state index in [1.54, 1.807) is 11.3 Å². The lowest BCUT2D eigenvalue weighted by atomic mass is 10.2. The first-order valence-electron chi connectivity index (χ1n) is 6.64. The number of guanidine groups is 1. The fraction of sp³-hybridized carbons (Fsp3) is 0.615. The Labute approximate surface area is 149 Å². The minimum absolute atomic E-state index is 0. The smallest absolute Gasteiger partial charge is 0.191 e. The zero-order valence-electron chi connectivity index (χ0n) is 11.5. The molecule has 1 fully saturated rings. The summed E-state index contributed by atoms with van der Waals surface area (Å²) >= 11 is 5.18. The van der Waals surface area contributed by atoms with Crippen molar-refractivity contribution in [1.82, 2.24) is 10.6 Å². The Kier molecular flexibility index (Phi) is 9.06. The topological polar surface area (TPSA) is 45.7 Å². The fourth-order valence-electron chi connectivity index (χ4n) is 1.95. The summed E-state index contributed by atoms with van der Waals surface area (Å²) in [5, 5.41) is 8.69. The highest BCUT2D eigenvalue weighted by atomic mass is 127. The van der Waals surface area contributed by atoms with Crippen LogP contribution in [0.4, 0.5) is 0 Å². The number of nitrogens with one attached hydrogen (secondary N) is 2. The van der Waals surface area contributed by atoms with Gasteiger partial charge in [0.25, 0.3) is 0 Å². The van der Waals surface area contributed by atoms with Crippen molar-refractivity contribution in [2.45, 2.75) is 32.4 Å². The number of aliphatic imine (C=N–C) groups is 1. The molecule has 0 aliphatic carbocycles. The number of rotatable bonds is 5. The fourth-order valence-corrected chi connectivity index (χ4v) is 3.33. The Morgan fingerprint density at radius 1 is 1.55 bits per heavy atom. The third kappa shape index (κ3) is 6.28. The lowest BCUT2D eigenvalue weighted by molar-refractivity contribution is 0.114. The van der Waals surface area contributed by atoms with Gasteiger partial charge in [-0.1, -0.05) is 0 Å². The second-order valence-corrected chi connectivity index (χ2v) is 6.35. The van der Waals surface area contributed by atoms with Crippen molar-refractivity contribution < 1.29 is 4.74 Å². The van der Waals surface area contributed by atoms with Crippen LogP contribution in [0.2, 0.25) is 0 Å². The van der Waals surface area contributed by atoms with Crippen LogP contribution in [-0.2, 0) is 11.3 Å². The second-order valence-electron chi connectivity index (χ2n) is 4.44. The first kappa shape index (κ1) is 18.2. The molecule has 1 saturated heterocycles. The second kappa shape index (κ2) is 9.97. The quantitative estimate of drug-likeness (QED) is 0.391. The minimum Gasteiger partial charge on any atom is -0.376 e. The van der Waals surface area contributed by atoms with E-state index in [4.69, 9.17) is 4.74 Å². The van der Waals surface area contributed by atoms with E-state index in [0.717, 1.165) is 36.5 Å². The van der Waals surface area contributed by atoms with E-state index in [9.17, 15) is 0 Å². The van der Waals surface area contributed by atoms with Gasteiger partial charge in [-0.2, -0.15) is 0 Å². The summed E-state index contributed by atoms with van der Waals surface area (Å²) < 4.78 is 6.72. The van der Waals surface area contributed by atoms with Gasteiger partial charge in [0.05, 0.1) is 12.6 Å². The molecule has 1 aromatic heterocycles. The summed E-state index contributed by atoms with van der Waals surface area (Å²) in [6.45, 7) is 5.37. The van der Waals surface area contributed by atoms with Crippen LogP contribution >= 0.6 is 51.2 Å². The molecule has 2 heterocycles. The van der Waals surface area contributed by atoms with Gasteiger partial charge in [-0.3, -0.25) is 0 Å². The van der Waals surface area contributed by atoms with E-state index in [1.807, 2.05) is 0 Å². The molecule has 0 bridgehead atoms. The molecule has 1 atom stereocenters. The molecule has 0 radical (unpaired) electrons. The molecular weight excluding hydrogens is 453 g/mol. The Morgan fingerprint density at radius 2 is 2.40 bits per heavy atom. The lowest BCUT2D eigenvalue weighted by Crippen LogP contribution is -2.41. The summed E-state index contributed by atoms with van der Waals surface area (Å²) in [7, 11) is 0. The van der Waals surface area contributed by atoms with E-state index >= 15 is 0 Å². The van der Waals surface area contributed by atoms with E-state index in [-0.39, 0.29) is 24.0 Å². The maximum absolute atomic E-state index is 5.60. The van der Waals surface area contributed by atoms with Gasteiger partial charge in [0.15, 0.2) is 5.96 Å². The van der Waals surface area contributed by atoms with Crippen molar-refractivity contribution in [2.75, 3.05) is 19.7 Å². The van der Waals surface area contributed by atoms with E-state index in [0.29, 0.717) is 12.6 Å². The molecule has 1 aromatic rings. The molecule has 0 aromatic carbocycles. The molecular formula is C13H21BrIN3OS. The van der Waals surface area contributed by atoms with Crippen LogP contribution in [0.3, 0.4) is 0 Å². The Morgan fingerprint density at radius 3 is 3.00 bits per heavy atom. The van der Waals surface area contributed by atoms with Crippen LogP contribution in [0.25, 0.3) is 0 Å². The van der Waals surface area contributed by atoms with Crippen LogP contribution in [0.5, 0.6) is 0 Å². The van der Waals surface area contributed by atoms with Crippen molar-refractivity contribution in [3.05, 3.63) is 20.8 Å². The van der Waals surface area contributed by atoms with Crippen molar-refractivity contribution >= 4 is 57.2 Å². The third-order valence-corrected chi connectivity index (χ3v) is 4.56. The van der Waals surface area contributed by atoms with Crippen LogP contribution in [0.15, 0.2) is 20.9 Å². The third-order valence-electron chi connectivity index (χ3n) is 2.88. The monoisotopic (exact) mass is 473 g/mol. The average Bonchev–Trinajstić information content (AvgIpc) is 3.04.